The van der Waals surface area contributed by atoms with Gasteiger partial charge in [0.2, 0.25) is 0 Å². The van der Waals surface area contributed by atoms with Crippen LogP contribution in [-0.4, -0.2) is 36.0 Å². The minimum Gasteiger partial charge on any atom is -0.479 e. The smallest absolute Gasteiger partial charge is 0.263 e. The normalized spacial score (nSPS) is 19.4. The van der Waals surface area contributed by atoms with Crippen LogP contribution >= 0.6 is 35.6 Å². The van der Waals surface area contributed by atoms with Crippen LogP contribution in [0.15, 0.2) is 18.2 Å². The number of carbonyl (C=O) groups is 1. The first-order valence-corrected chi connectivity index (χ1v) is 6.89. The fraction of sp³-hybridized carbons (Fsp3) is 0.462. The van der Waals surface area contributed by atoms with Crippen LogP contribution in [0.25, 0.3) is 0 Å². The molecule has 0 aliphatic carbocycles. The van der Waals surface area contributed by atoms with Gasteiger partial charge >= 0.3 is 0 Å². The van der Waals surface area contributed by atoms with Gasteiger partial charge in [0.1, 0.15) is 5.75 Å². The van der Waals surface area contributed by atoms with Crippen molar-refractivity contribution >= 4 is 41.5 Å². The van der Waals surface area contributed by atoms with Crippen molar-refractivity contribution in [1.82, 2.24) is 4.90 Å². The van der Waals surface area contributed by atoms with Crippen LogP contribution in [0.2, 0.25) is 10.0 Å². The standard InChI is InChI=1S/C13H16Cl2N2O2.ClH/c1-8(13(18)17-5-4-10(16)7-17)19-12-3-2-9(14)6-11(12)15;/h2-3,6,8,10H,4-5,7,16H2,1H3;1H/t8?,10-;/m1./s1. The van der Waals surface area contributed by atoms with Gasteiger partial charge in [0.25, 0.3) is 5.91 Å². The summed E-state index contributed by atoms with van der Waals surface area (Å²) in [6.07, 6.45) is 0.240. The third-order valence-corrected chi connectivity index (χ3v) is 3.61. The summed E-state index contributed by atoms with van der Waals surface area (Å²) in [5, 5.41) is 0.923. The number of nitrogens with zero attached hydrogens (tertiary/aromatic N) is 1. The first-order chi connectivity index (χ1) is 8.97. The zero-order valence-corrected chi connectivity index (χ0v) is 13.3. The summed E-state index contributed by atoms with van der Waals surface area (Å²) in [6.45, 7) is 2.97. The van der Waals surface area contributed by atoms with Gasteiger partial charge in [-0.1, -0.05) is 23.2 Å². The van der Waals surface area contributed by atoms with Gasteiger partial charge in [-0.3, -0.25) is 4.79 Å². The van der Waals surface area contributed by atoms with E-state index in [4.69, 9.17) is 33.7 Å². The first-order valence-electron chi connectivity index (χ1n) is 6.13. The number of benzene rings is 1. The lowest BCUT2D eigenvalue weighted by Gasteiger charge is -2.21. The van der Waals surface area contributed by atoms with E-state index >= 15 is 0 Å². The number of amides is 1. The Morgan fingerprint density at radius 2 is 2.20 bits per heavy atom. The van der Waals surface area contributed by atoms with Crippen molar-refractivity contribution in [3.05, 3.63) is 28.2 Å². The van der Waals surface area contributed by atoms with Gasteiger partial charge in [-0.05, 0) is 31.5 Å². The minimum absolute atomic E-state index is 0. The zero-order valence-electron chi connectivity index (χ0n) is 11.0. The van der Waals surface area contributed by atoms with Crippen molar-refractivity contribution in [2.45, 2.75) is 25.5 Å². The van der Waals surface area contributed by atoms with Crippen LogP contribution in [0, 0.1) is 0 Å². The molecule has 1 aliphatic heterocycles. The van der Waals surface area contributed by atoms with Crippen molar-refractivity contribution in [2.24, 2.45) is 5.73 Å². The molecule has 0 spiro atoms. The van der Waals surface area contributed by atoms with E-state index in [0.29, 0.717) is 28.9 Å². The molecule has 0 saturated carbocycles. The molecule has 2 N–H and O–H groups in total. The Morgan fingerprint density at radius 1 is 1.50 bits per heavy atom. The maximum atomic E-state index is 12.1. The van der Waals surface area contributed by atoms with Crippen molar-refractivity contribution in [3.63, 3.8) is 0 Å². The Morgan fingerprint density at radius 3 is 2.75 bits per heavy atom. The topological polar surface area (TPSA) is 55.6 Å². The van der Waals surface area contributed by atoms with E-state index in [-0.39, 0.29) is 24.4 Å². The van der Waals surface area contributed by atoms with Gasteiger partial charge in [0.05, 0.1) is 5.02 Å². The molecule has 2 rings (SSSR count). The van der Waals surface area contributed by atoms with Crippen LogP contribution in [0.5, 0.6) is 5.75 Å². The number of halogens is 3. The Hall–Kier alpha value is -0.680. The highest BCUT2D eigenvalue weighted by Gasteiger charge is 2.28. The highest BCUT2D eigenvalue weighted by Crippen LogP contribution is 2.28. The highest BCUT2D eigenvalue weighted by atomic mass is 35.5. The molecule has 1 amide bonds. The second-order valence-electron chi connectivity index (χ2n) is 4.67. The highest BCUT2D eigenvalue weighted by molar-refractivity contribution is 6.35. The fourth-order valence-electron chi connectivity index (χ4n) is 2.06. The van der Waals surface area contributed by atoms with Crippen LogP contribution in [0.3, 0.4) is 0 Å². The number of nitrogens with two attached hydrogens (primary N) is 1. The molecule has 1 aromatic rings. The quantitative estimate of drug-likeness (QED) is 0.921. The second-order valence-corrected chi connectivity index (χ2v) is 5.51. The van der Waals surface area contributed by atoms with Crippen molar-refractivity contribution < 1.29 is 9.53 Å². The van der Waals surface area contributed by atoms with Gasteiger partial charge in [-0.15, -0.1) is 12.4 Å². The molecule has 1 heterocycles. The fourth-order valence-corrected chi connectivity index (χ4v) is 2.51. The van der Waals surface area contributed by atoms with Gasteiger partial charge in [-0.25, -0.2) is 0 Å². The SMILES string of the molecule is CC(Oc1ccc(Cl)cc1Cl)C(=O)N1CC[C@@H](N)C1.Cl. The van der Waals surface area contributed by atoms with E-state index in [1.807, 2.05) is 0 Å². The molecule has 4 nitrogen and oxygen atoms in total. The summed E-state index contributed by atoms with van der Waals surface area (Å²) in [7, 11) is 0. The van der Waals surface area contributed by atoms with E-state index in [2.05, 4.69) is 0 Å². The molecule has 2 atom stereocenters. The molecule has 112 valence electrons. The van der Waals surface area contributed by atoms with Gasteiger partial charge in [-0.2, -0.15) is 0 Å². The average Bonchev–Trinajstić information content (AvgIpc) is 2.78. The van der Waals surface area contributed by atoms with Crippen LogP contribution in [0.1, 0.15) is 13.3 Å². The molecular formula is C13H17Cl3N2O2. The molecule has 1 aliphatic rings. The maximum absolute atomic E-state index is 12.1. The third-order valence-electron chi connectivity index (χ3n) is 3.08. The molecule has 1 fully saturated rings. The Balaban J connectivity index is 0.00000200. The molecule has 0 bridgehead atoms. The summed E-state index contributed by atoms with van der Waals surface area (Å²) in [6, 6.07) is 4.98. The van der Waals surface area contributed by atoms with Crippen LogP contribution in [-0.2, 0) is 4.79 Å². The van der Waals surface area contributed by atoms with Crippen molar-refractivity contribution in [1.29, 1.82) is 0 Å². The number of hydrogen-bond acceptors (Lipinski definition) is 3. The zero-order chi connectivity index (χ0) is 14.0. The largest absolute Gasteiger partial charge is 0.479 e. The molecule has 7 heteroatoms. The van der Waals surface area contributed by atoms with Gasteiger partial charge in [0.15, 0.2) is 6.10 Å². The second kappa shape index (κ2) is 7.36. The lowest BCUT2D eigenvalue weighted by Crippen LogP contribution is -2.40. The molecule has 20 heavy (non-hydrogen) atoms. The molecule has 1 unspecified atom stereocenters. The van der Waals surface area contributed by atoms with Gasteiger partial charge < -0.3 is 15.4 Å². The van der Waals surface area contributed by atoms with E-state index in [1.165, 1.54) is 0 Å². The predicted molar refractivity (Wildman–Crippen MR) is 83.0 cm³/mol. The average molecular weight is 340 g/mol. The summed E-state index contributed by atoms with van der Waals surface area (Å²) < 4.78 is 5.59. The Bertz CT molecular complexity index is 485. The molecule has 0 radical (unpaired) electrons. The summed E-state index contributed by atoms with van der Waals surface area (Å²) >= 11 is 11.8. The van der Waals surface area contributed by atoms with E-state index in [1.54, 1.807) is 30.0 Å². The van der Waals surface area contributed by atoms with Crippen LogP contribution in [0.4, 0.5) is 0 Å². The number of hydrogen-bond donors (Lipinski definition) is 1. The third kappa shape index (κ3) is 4.16. The number of rotatable bonds is 3. The maximum Gasteiger partial charge on any atom is 0.263 e. The predicted octanol–water partition coefficient (Wildman–Crippen LogP) is 2.74. The molecule has 1 aromatic carbocycles. The van der Waals surface area contributed by atoms with Crippen molar-refractivity contribution in [3.8, 4) is 5.75 Å². The summed E-state index contributed by atoms with van der Waals surface area (Å²) in [4.78, 5) is 13.9. The number of likely N-dealkylation sites (tertiary alicyclic amines) is 1. The number of carbonyl (C=O) groups excluding carboxylic acids is 1. The monoisotopic (exact) mass is 338 g/mol. The van der Waals surface area contributed by atoms with Gasteiger partial charge in [0, 0.05) is 24.2 Å². The van der Waals surface area contributed by atoms with Crippen molar-refractivity contribution in [2.75, 3.05) is 13.1 Å². The summed E-state index contributed by atoms with van der Waals surface area (Å²) in [5.74, 6) is 0.384. The van der Waals surface area contributed by atoms with E-state index in [9.17, 15) is 4.79 Å². The Kier molecular flexibility index (Phi) is 6.40. The Labute approximate surface area is 134 Å². The van der Waals surface area contributed by atoms with E-state index in [0.717, 1.165) is 6.42 Å². The molecule has 0 aromatic heterocycles. The lowest BCUT2D eigenvalue weighted by atomic mass is 10.3. The number of ether oxygens (including phenoxy) is 1. The molecular weight excluding hydrogens is 323 g/mol. The lowest BCUT2D eigenvalue weighted by molar-refractivity contribution is -0.136. The summed E-state index contributed by atoms with van der Waals surface area (Å²) in [5.41, 5.74) is 5.79. The molecule has 1 saturated heterocycles. The minimum atomic E-state index is -0.594. The van der Waals surface area contributed by atoms with Crippen LogP contribution < -0.4 is 10.5 Å². The first kappa shape index (κ1) is 17.4. The van der Waals surface area contributed by atoms with E-state index < -0.39 is 6.10 Å².